The molecule has 0 unspecified atom stereocenters. The molecule has 2 aromatic rings. The molecule has 26 heavy (non-hydrogen) atoms. The van der Waals surface area contributed by atoms with Crippen LogP contribution in [0.2, 0.25) is 0 Å². The van der Waals surface area contributed by atoms with Gasteiger partial charge in [0.05, 0.1) is 0 Å². The third-order valence-electron chi connectivity index (χ3n) is 4.18. The van der Waals surface area contributed by atoms with E-state index >= 15 is 0 Å². The minimum atomic E-state index is -0.0696. The molecule has 1 amide bonds. The molecular weight excluding hydrogens is 328 g/mol. The number of likely N-dealkylation sites (N-methyl/N-ethyl adjacent to an activating group) is 1. The predicted molar refractivity (Wildman–Crippen MR) is 104 cm³/mol. The summed E-state index contributed by atoms with van der Waals surface area (Å²) >= 11 is 0. The third-order valence-corrected chi connectivity index (χ3v) is 4.18. The maximum atomic E-state index is 12.4. The molecule has 138 valence electrons. The fraction of sp³-hybridized carbons (Fsp3) is 0.333. The smallest absolute Gasteiger partial charge is 0.260 e. The summed E-state index contributed by atoms with van der Waals surface area (Å²) in [5.74, 6) is 0.514. The van der Waals surface area contributed by atoms with Gasteiger partial charge < -0.3 is 14.5 Å². The summed E-state index contributed by atoms with van der Waals surface area (Å²) in [7, 11) is 3.99. The lowest BCUT2D eigenvalue weighted by molar-refractivity contribution is -0.133. The molecular formula is C21H26N2O3. The van der Waals surface area contributed by atoms with Crippen LogP contribution in [0, 0.1) is 0 Å². The molecule has 5 heteroatoms. The zero-order valence-corrected chi connectivity index (χ0v) is 15.9. The lowest BCUT2D eigenvalue weighted by Gasteiger charge is -2.22. The van der Waals surface area contributed by atoms with Crippen molar-refractivity contribution >= 4 is 17.4 Å². The summed E-state index contributed by atoms with van der Waals surface area (Å²) in [5, 5.41) is 0. The van der Waals surface area contributed by atoms with Crippen LogP contribution in [-0.2, 0) is 11.3 Å². The highest BCUT2D eigenvalue weighted by atomic mass is 16.5. The standard InChI is InChI=1S/C21H26N2O3/c1-5-23(14-17-6-10-19(11-7-17)22(3)4)21(25)15-26-20-12-8-18(9-13-20)16(2)24/h6-13H,5,14-15H2,1-4H3. The average molecular weight is 354 g/mol. The van der Waals surface area contributed by atoms with Gasteiger partial charge in [0.15, 0.2) is 12.4 Å². The van der Waals surface area contributed by atoms with Gasteiger partial charge in [-0.2, -0.15) is 0 Å². The van der Waals surface area contributed by atoms with Crippen LogP contribution in [0.1, 0.15) is 29.8 Å². The summed E-state index contributed by atoms with van der Waals surface area (Å²) in [5.41, 5.74) is 2.83. The largest absolute Gasteiger partial charge is 0.484 e. The highest BCUT2D eigenvalue weighted by Crippen LogP contribution is 2.15. The number of anilines is 1. The lowest BCUT2D eigenvalue weighted by atomic mass is 10.1. The molecule has 0 heterocycles. The van der Waals surface area contributed by atoms with Crippen LogP contribution in [0.15, 0.2) is 48.5 Å². The summed E-state index contributed by atoms with van der Waals surface area (Å²) < 4.78 is 5.56. The molecule has 0 saturated carbocycles. The summed E-state index contributed by atoms with van der Waals surface area (Å²) in [4.78, 5) is 27.5. The molecule has 5 nitrogen and oxygen atoms in total. The zero-order chi connectivity index (χ0) is 19.1. The minimum absolute atomic E-state index is 0.00469. The number of ketones is 1. The topological polar surface area (TPSA) is 49.9 Å². The van der Waals surface area contributed by atoms with Gasteiger partial charge in [-0.15, -0.1) is 0 Å². The van der Waals surface area contributed by atoms with Crippen molar-refractivity contribution in [3.05, 3.63) is 59.7 Å². The van der Waals surface area contributed by atoms with Crippen molar-refractivity contribution in [3.8, 4) is 5.75 Å². The molecule has 2 rings (SSSR count). The Balaban J connectivity index is 1.92. The number of nitrogens with zero attached hydrogens (tertiary/aromatic N) is 2. The Morgan fingerprint density at radius 1 is 0.962 bits per heavy atom. The predicted octanol–water partition coefficient (Wildman–Crippen LogP) is 3.38. The van der Waals surface area contributed by atoms with Crippen molar-refractivity contribution in [2.45, 2.75) is 20.4 Å². The lowest BCUT2D eigenvalue weighted by Crippen LogP contribution is -2.34. The van der Waals surface area contributed by atoms with Crippen LogP contribution in [-0.4, -0.2) is 43.8 Å². The number of ether oxygens (including phenoxy) is 1. The molecule has 2 aromatic carbocycles. The minimum Gasteiger partial charge on any atom is -0.484 e. The van der Waals surface area contributed by atoms with Gasteiger partial charge in [-0.05, 0) is 55.8 Å². The van der Waals surface area contributed by atoms with Gasteiger partial charge in [0, 0.05) is 38.4 Å². The van der Waals surface area contributed by atoms with Crippen molar-refractivity contribution in [1.82, 2.24) is 4.90 Å². The molecule has 0 bridgehead atoms. The van der Waals surface area contributed by atoms with Crippen molar-refractivity contribution in [2.24, 2.45) is 0 Å². The van der Waals surface area contributed by atoms with Crippen LogP contribution in [0.4, 0.5) is 5.69 Å². The molecule has 0 atom stereocenters. The Hall–Kier alpha value is -2.82. The molecule has 0 aliphatic rings. The van der Waals surface area contributed by atoms with E-state index in [0.717, 1.165) is 11.3 Å². The van der Waals surface area contributed by atoms with E-state index in [2.05, 4.69) is 0 Å². The second kappa shape index (κ2) is 9.04. The summed E-state index contributed by atoms with van der Waals surface area (Å²) in [6, 6.07) is 15.0. The Kier molecular flexibility index (Phi) is 6.78. The normalized spacial score (nSPS) is 10.3. The maximum Gasteiger partial charge on any atom is 0.260 e. The number of rotatable bonds is 8. The number of benzene rings is 2. The molecule has 0 aliphatic heterocycles. The number of carbonyl (C=O) groups excluding carboxylic acids is 2. The SMILES string of the molecule is CCN(Cc1ccc(N(C)C)cc1)C(=O)COc1ccc(C(C)=O)cc1. The van der Waals surface area contributed by atoms with Crippen molar-refractivity contribution in [1.29, 1.82) is 0 Å². The van der Waals surface area contributed by atoms with Crippen LogP contribution < -0.4 is 9.64 Å². The van der Waals surface area contributed by atoms with E-state index in [4.69, 9.17) is 4.74 Å². The second-order valence-electron chi connectivity index (χ2n) is 6.34. The Morgan fingerprint density at radius 2 is 1.58 bits per heavy atom. The van der Waals surface area contributed by atoms with E-state index in [1.807, 2.05) is 50.2 Å². The van der Waals surface area contributed by atoms with Crippen LogP contribution in [0.25, 0.3) is 0 Å². The Bertz CT molecular complexity index is 737. The number of hydrogen-bond acceptors (Lipinski definition) is 4. The molecule has 0 saturated heterocycles. The van der Waals surface area contributed by atoms with Gasteiger partial charge in [-0.1, -0.05) is 12.1 Å². The highest BCUT2D eigenvalue weighted by molar-refractivity contribution is 5.94. The van der Waals surface area contributed by atoms with E-state index in [0.29, 0.717) is 24.4 Å². The zero-order valence-electron chi connectivity index (χ0n) is 15.9. The molecule has 0 fully saturated rings. The van der Waals surface area contributed by atoms with E-state index in [1.54, 1.807) is 29.2 Å². The number of carbonyl (C=O) groups is 2. The number of Topliss-reactive ketones (excluding diaryl/α,β-unsaturated/α-hetero) is 1. The van der Waals surface area contributed by atoms with Gasteiger partial charge in [-0.3, -0.25) is 9.59 Å². The summed E-state index contributed by atoms with van der Waals surface area (Å²) in [6.07, 6.45) is 0. The molecule has 0 radical (unpaired) electrons. The van der Waals surface area contributed by atoms with Crippen LogP contribution in [0.3, 0.4) is 0 Å². The first-order chi connectivity index (χ1) is 12.4. The number of amides is 1. The second-order valence-corrected chi connectivity index (χ2v) is 6.34. The Morgan fingerprint density at radius 3 is 2.08 bits per heavy atom. The van der Waals surface area contributed by atoms with Gasteiger partial charge >= 0.3 is 0 Å². The van der Waals surface area contributed by atoms with Gasteiger partial charge in [0.25, 0.3) is 5.91 Å². The third kappa shape index (κ3) is 5.34. The average Bonchev–Trinajstić information content (AvgIpc) is 2.64. The first kappa shape index (κ1) is 19.5. The van der Waals surface area contributed by atoms with Gasteiger partial charge in [0.1, 0.15) is 5.75 Å². The number of hydrogen-bond donors (Lipinski definition) is 0. The van der Waals surface area contributed by atoms with Crippen molar-refractivity contribution in [3.63, 3.8) is 0 Å². The molecule has 0 N–H and O–H groups in total. The van der Waals surface area contributed by atoms with E-state index in [9.17, 15) is 9.59 Å². The molecule has 0 spiro atoms. The first-order valence-corrected chi connectivity index (χ1v) is 8.68. The fourth-order valence-corrected chi connectivity index (χ4v) is 2.52. The highest BCUT2D eigenvalue weighted by Gasteiger charge is 2.13. The Labute approximate surface area is 155 Å². The van der Waals surface area contributed by atoms with E-state index in [1.165, 1.54) is 6.92 Å². The first-order valence-electron chi connectivity index (χ1n) is 8.68. The fourth-order valence-electron chi connectivity index (χ4n) is 2.52. The summed E-state index contributed by atoms with van der Waals surface area (Å²) in [6.45, 7) is 4.61. The molecule has 0 aliphatic carbocycles. The van der Waals surface area contributed by atoms with Crippen molar-refractivity contribution < 1.29 is 14.3 Å². The molecule has 0 aromatic heterocycles. The monoisotopic (exact) mass is 354 g/mol. The van der Waals surface area contributed by atoms with E-state index < -0.39 is 0 Å². The van der Waals surface area contributed by atoms with Gasteiger partial charge in [0.2, 0.25) is 0 Å². The maximum absolute atomic E-state index is 12.4. The van der Waals surface area contributed by atoms with Crippen LogP contribution >= 0.6 is 0 Å². The van der Waals surface area contributed by atoms with Crippen molar-refractivity contribution in [2.75, 3.05) is 32.1 Å². The van der Waals surface area contributed by atoms with E-state index in [-0.39, 0.29) is 18.3 Å². The quantitative estimate of drug-likeness (QED) is 0.682. The van der Waals surface area contributed by atoms with Crippen LogP contribution in [0.5, 0.6) is 5.75 Å². The van der Waals surface area contributed by atoms with Gasteiger partial charge in [-0.25, -0.2) is 0 Å².